The molecule has 3 aliphatic rings. The van der Waals surface area contributed by atoms with Crippen LogP contribution in [0.15, 0.2) is 29.4 Å². The summed E-state index contributed by atoms with van der Waals surface area (Å²) >= 11 is 13.3. The van der Waals surface area contributed by atoms with Crippen LogP contribution in [0.5, 0.6) is 0 Å². The van der Waals surface area contributed by atoms with Gasteiger partial charge in [-0.2, -0.15) is 0 Å². The minimum atomic E-state index is -0.411. The molecule has 3 nitrogen and oxygen atoms in total. The first-order valence-corrected chi connectivity index (χ1v) is 11.7. The van der Waals surface area contributed by atoms with Crippen LogP contribution in [0.2, 0.25) is 10.0 Å². The first kappa shape index (κ1) is 20.4. The minimum absolute atomic E-state index is 0.411. The summed E-state index contributed by atoms with van der Waals surface area (Å²) in [6.45, 7) is 8.27. The van der Waals surface area contributed by atoms with E-state index in [0.717, 1.165) is 57.4 Å². The molecule has 0 radical (unpaired) electrons. The Hall–Kier alpha value is -1.55. The summed E-state index contributed by atoms with van der Waals surface area (Å²) in [6.07, 6.45) is 5.54. The molecule has 0 aromatic heterocycles. The molecule has 2 aromatic rings. The predicted octanol–water partition coefficient (Wildman–Crippen LogP) is 6.70. The van der Waals surface area contributed by atoms with Crippen molar-refractivity contribution >= 4 is 28.9 Å². The molecular weight excluding hydrogens is 415 g/mol. The molecule has 0 aliphatic carbocycles. The average molecular weight is 443 g/mol. The smallest absolute Gasteiger partial charge is 0.170 e. The summed E-state index contributed by atoms with van der Waals surface area (Å²) in [7, 11) is 0. The van der Waals surface area contributed by atoms with E-state index in [2.05, 4.69) is 48.2 Å². The number of oxime groups is 1. The number of fused-ring (bicyclic) bond motifs is 3. The number of halogens is 2. The van der Waals surface area contributed by atoms with Crippen LogP contribution >= 0.6 is 23.2 Å². The van der Waals surface area contributed by atoms with E-state index in [1.165, 1.54) is 36.9 Å². The second kappa shape index (κ2) is 7.55. The van der Waals surface area contributed by atoms with Crippen molar-refractivity contribution in [1.29, 1.82) is 0 Å². The minimum Gasteiger partial charge on any atom is -0.384 e. The van der Waals surface area contributed by atoms with Crippen LogP contribution in [0.3, 0.4) is 0 Å². The number of hydrogen-bond acceptors (Lipinski definition) is 3. The second-order valence-electron chi connectivity index (χ2n) is 9.16. The molecule has 2 atom stereocenters. The van der Waals surface area contributed by atoms with Gasteiger partial charge in [-0.05, 0) is 62.4 Å². The molecule has 30 heavy (non-hydrogen) atoms. The third-order valence-electron chi connectivity index (χ3n) is 7.34. The molecule has 3 aliphatic heterocycles. The molecule has 0 N–H and O–H groups in total. The van der Waals surface area contributed by atoms with Crippen LogP contribution in [-0.4, -0.2) is 23.2 Å². The van der Waals surface area contributed by atoms with Gasteiger partial charge in [0.15, 0.2) is 5.60 Å². The normalized spacial score (nSPS) is 26.0. The van der Waals surface area contributed by atoms with Crippen LogP contribution in [0.25, 0.3) is 0 Å². The number of nitrogens with zero attached hydrogens (tertiary/aromatic N) is 2. The summed E-state index contributed by atoms with van der Waals surface area (Å²) in [5.74, 6) is 0. The zero-order chi connectivity index (χ0) is 21.0. The zero-order valence-electron chi connectivity index (χ0n) is 17.9. The lowest BCUT2D eigenvalue weighted by molar-refractivity contribution is -0.0481. The van der Waals surface area contributed by atoms with Crippen molar-refractivity contribution in [3.8, 4) is 0 Å². The highest BCUT2D eigenvalue weighted by atomic mass is 35.5. The number of benzene rings is 2. The Morgan fingerprint density at radius 1 is 1.03 bits per heavy atom. The molecule has 2 aromatic carbocycles. The average Bonchev–Trinajstić information content (AvgIpc) is 3.11. The van der Waals surface area contributed by atoms with Gasteiger partial charge in [-0.25, -0.2) is 0 Å². The molecule has 158 valence electrons. The summed E-state index contributed by atoms with van der Waals surface area (Å²) in [5.41, 5.74) is 7.27. The summed E-state index contributed by atoms with van der Waals surface area (Å²) in [4.78, 5) is 9.05. The zero-order valence-corrected chi connectivity index (χ0v) is 19.4. The van der Waals surface area contributed by atoms with Gasteiger partial charge in [0.1, 0.15) is 0 Å². The molecule has 0 amide bonds. The van der Waals surface area contributed by atoms with Crippen LogP contribution in [-0.2, 0) is 17.0 Å². The maximum Gasteiger partial charge on any atom is 0.170 e. The fraction of sp³-hybridized carbons (Fsp3) is 0.480. The van der Waals surface area contributed by atoms with Crippen LogP contribution < -0.4 is 0 Å². The van der Waals surface area contributed by atoms with Gasteiger partial charge in [-0.3, -0.25) is 4.90 Å². The quantitative estimate of drug-likeness (QED) is 0.490. The summed E-state index contributed by atoms with van der Waals surface area (Å²) in [6, 6.07) is 9.30. The topological polar surface area (TPSA) is 24.8 Å². The van der Waals surface area contributed by atoms with E-state index >= 15 is 0 Å². The Kier molecular flexibility index (Phi) is 5.12. The highest BCUT2D eigenvalue weighted by Gasteiger charge is 2.48. The summed E-state index contributed by atoms with van der Waals surface area (Å²) in [5, 5.41) is 6.13. The largest absolute Gasteiger partial charge is 0.384 e. The monoisotopic (exact) mass is 442 g/mol. The van der Waals surface area contributed by atoms with E-state index in [-0.39, 0.29) is 0 Å². The van der Waals surface area contributed by atoms with E-state index in [1.807, 2.05) is 6.92 Å². The van der Waals surface area contributed by atoms with Crippen molar-refractivity contribution in [2.75, 3.05) is 6.54 Å². The SMILES string of the molecule is Cc1c(Cl)c(C)c(C2=NO[C@]3(C2)C[C@@H]2CCCCN2Cc2ccccc23)c(C)c1Cl. The van der Waals surface area contributed by atoms with Gasteiger partial charge >= 0.3 is 0 Å². The molecular formula is C25H28Cl2N2O. The molecule has 1 spiro atoms. The number of hydrogen-bond donors (Lipinski definition) is 0. The van der Waals surface area contributed by atoms with Crippen LogP contribution in [0.4, 0.5) is 0 Å². The predicted molar refractivity (Wildman–Crippen MR) is 124 cm³/mol. The molecule has 0 unspecified atom stereocenters. The number of rotatable bonds is 1. The van der Waals surface area contributed by atoms with Crippen molar-refractivity contribution in [2.45, 2.75) is 71.1 Å². The van der Waals surface area contributed by atoms with Gasteiger partial charge in [-0.15, -0.1) is 0 Å². The molecule has 3 heterocycles. The van der Waals surface area contributed by atoms with Gasteiger partial charge in [-0.1, -0.05) is 59.0 Å². The first-order valence-electron chi connectivity index (χ1n) is 10.9. The van der Waals surface area contributed by atoms with E-state index in [1.54, 1.807) is 0 Å². The lowest BCUT2D eigenvalue weighted by Crippen LogP contribution is -2.41. The standard InChI is InChI=1S/C25H28Cl2N2O/c1-15-22(16(2)24(27)17(3)23(15)26)21-13-25(30-28-21)12-19-9-6-7-11-29(19)14-18-8-4-5-10-20(18)25/h4-5,8,10,19H,6-7,9,11-14H2,1-3H3/t19-,25-/m0/s1. The van der Waals surface area contributed by atoms with Crippen molar-refractivity contribution in [3.05, 3.63) is 67.7 Å². The molecule has 1 fully saturated rings. The third kappa shape index (κ3) is 3.09. The Labute approximate surface area is 189 Å². The third-order valence-corrected chi connectivity index (χ3v) is 8.47. The van der Waals surface area contributed by atoms with Crippen molar-refractivity contribution < 1.29 is 4.84 Å². The second-order valence-corrected chi connectivity index (χ2v) is 9.92. The van der Waals surface area contributed by atoms with Crippen molar-refractivity contribution in [2.24, 2.45) is 5.16 Å². The van der Waals surface area contributed by atoms with E-state index < -0.39 is 5.60 Å². The fourth-order valence-electron chi connectivity index (χ4n) is 5.77. The van der Waals surface area contributed by atoms with Gasteiger partial charge in [0.25, 0.3) is 0 Å². The lowest BCUT2D eigenvalue weighted by atomic mass is 9.79. The Morgan fingerprint density at radius 3 is 2.53 bits per heavy atom. The van der Waals surface area contributed by atoms with Crippen molar-refractivity contribution in [3.63, 3.8) is 0 Å². The molecule has 5 rings (SSSR count). The molecule has 0 bridgehead atoms. The number of piperidine rings is 1. The lowest BCUT2D eigenvalue weighted by Gasteiger charge is -2.36. The maximum absolute atomic E-state index is 6.63. The van der Waals surface area contributed by atoms with E-state index in [4.69, 9.17) is 28.0 Å². The maximum atomic E-state index is 6.63. The van der Waals surface area contributed by atoms with E-state index in [9.17, 15) is 0 Å². The Bertz CT molecular complexity index is 1020. The van der Waals surface area contributed by atoms with Gasteiger partial charge in [0.05, 0.1) is 5.71 Å². The van der Waals surface area contributed by atoms with Gasteiger partial charge < -0.3 is 4.84 Å². The Balaban J connectivity index is 1.58. The van der Waals surface area contributed by atoms with Crippen LogP contribution in [0.1, 0.15) is 65.5 Å². The van der Waals surface area contributed by atoms with Crippen LogP contribution in [0, 0.1) is 20.8 Å². The van der Waals surface area contributed by atoms with Gasteiger partial charge in [0, 0.05) is 46.6 Å². The fourth-order valence-corrected chi connectivity index (χ4v) is 6.20. The molecule has 5 heteroatoms. The molecule has 1 saturated heterocycles. The van der Waals surface area contributed by atoms with Crippen molar-refractivity contribution in [1.82, 2.24) is 4.90 Å². The first-order chi connectivity index (χ1) is 14.4. The van der Waals surface area contributed by atoms with E-state index in [0.29, 0.717) is 6.04 Å². The molecule has 0 saturated carbocycles. The Morgan fingerprint density at radius 2 is 1.77 bits per heavy atom. The highest BCUT2D eigenvalue weighted by Crippen LogP contribution is 2.47. The highest BCUT2D eigenvalue weighted by molar-refractivity contribution is 6.37. The van der Waals surface area contributed by atoms with Gasteiger partial charge in [0.2, 0.25) is 0 Å². The summed E-state index contributed by atoms with van der Waals surface area (Å²) < 4.78 is 0.